The van der Waals surface area contributed by atoms with Gasteiger partial charge >= 0.3 is 0 Å². The number of benzene rings is 4. The molecular weight excluding hydrogens is 658 g/mol. The summed E-state index contributed by atoms with van der Waals surface area (Å²) in [5, 5.41) is 36.1. The number of nitrogens with zero attached hydrogens (tertiary/aromatic N) is 1. The van der Waals surface area contributed by atoms with E-state index in [2.05, 4.69) is 16.7 Å². The van der Waals surface area contributed by atoms with Crippen molar-refractivity contribution in [3.8, 4) is 16.9 Å². The highest BCUT2D eigenvalue weighted by molar-refractivity contribution is 5.76. The summed E-state index contributed by atoms with van der Waals surface area (Å²) in [6, 6.07) is 30.6. The van der Waals surface area contributed by atoms with Gasteiger partial charge in [0.25, 0.3) is 0 Å². The fourth-order valence-corrected chi connectivity index (χ4v) is 6.50. The molecule has 5 rings (SSSR count). The number of phenols is 1. The third kappa shape index (κ3) is 11.5. The lowest BCUT2D eigenvalue weighted by Gasteiger charge is -2.38. The van der Waals surface area contributed by atoms with Crippen LogP contribution in [0.5, 0.6) is 5.75 Å². The minimum Gasteiger partial charge on any atom is -0.508 e. The highest BCUT2D eigenvalue weighted by Crippen LogP contribution is 2.39. The second-order valence-corrected chi connectivity index (χ2v) is 13.5. The lowest BCUT2D eigenvalue weighted by atomic mass is 9.97. The molecule has 1 saturated heterocycles. The van der Waals surface area contributed by atoms with Crippen molar-refractivity contribution in [3.05, 3.63) is 125 Å². The lowest BCUT2D eigenvalue weighted by molar-refractivity contribution is -0.252. The molecule has 0 bridgehead atoms. The molecule has 0 aliphatic carbocycles. The zero-order valence-electron chi connectivity index (χ0n) is 30.0. The van der Waals surface area contributed by atoms with E-state index < -0.39 is 12.4 Å². The normalized spacial score (nSPS) is 17.8. The summed E-state index contributed by atoms with van der Waals surface area (Å²) in [7, 11) is 1.94. The number of hydrogen-bond donors (Lipinski definition) is 5. The molecule has 10 nitrogen and oxygen atoms in total. The Kier molecular flexibility index (Phi) is 14.4. The van der Waals surface area contributed by atoms with Crippen molar-refractivity contribution in [2.45, 2.75) is 76.8 Å². The molecule has 4 atom stereocenters. The Labute approximate surface area is 306 Å². The Hall–Kier alpha value is -4.58. The van der Waals surface area contributed by atoms with Gasteiger partial charge in [0.15, 0.2) is 6.29 Å². The van der Waals surface area contributed by atoms with Crippen molar-refractivity contribution in [2.24, 2.45) is 0 Å². The largest absolute Gasteiger partial charge is 0.508 e. The van der Waals surface area contributed by atoms with Crippen LogP contribution in [-0.2, 0) is 32.2 Å². The summed E-state index contributed by atoms with van der Waals surface area (Å²) in [5.74, 6) is 0.0848. The topological polar surface area (TPSA) is 141 Å². The number of aliphatic hydroxyl groups excluding tert-OH is 2. The molecule has 0 saturated carbocycles. The highest BCUT2D eigenvalue weighted by Gasteiger charge is 2.33. The number of amides is 2. The van der Waals surface area contributed by atoms with Crippen LogP contribution >= 0.6 is 0 Å². The van der Waals surface area contributed by atoms with Gasteiger partial charge in [0.1, 0.15) is 5.75 Å². The fraction of sp³-hybridized carbons (Fsp3) is 0.381. The summed E-state index contributed by atoms with van der Waals surface area (Å²) in [6.45, 7) is 3.44. The van der Waals surface area contributed by atoms with E-state index in [1.54, 1.807) is 24.3 Å². The van der Waals surface area contributed by atoms with Gasteiger partial charge in [-0.3, -0.25) is 9.59 Å². The molecular formula is C42H51N3O7. The second kappa shape index (κ2) is 19.3. The van der Waals surface area contributed by atoms with Crippen molar-refractivity contribution in [1.82, 2.24) is 15.5 Å². The molecule has 1 aliphatic rings. The van der Waals surface area contributed by atoms with Crippen molar-refractivity contribution in [1.29, 1.82) is 0 Å². The first kappa shape index (κ1) is 38.6. The second-order valence-electron chi connectivity index (χ2n) is 13.5. The van der Waals surface area contributed by atoms with Gasteiger partial charge in [0.2, 0.25) is 11.8 Å². The van der Waals surface area contributed by atoms with Crippen LogP contribution in [0, 0.1) is 0 Å². The van der Waals surface area contributed by atoms with Crippen LogP contribution in [0.3, 0.4) is 0 Å². The van der Waals surface area contributed by atoms with Crippen molar-refractivity contribution in [2.75, 3.05) is 26.7 Å². The van der Waals surface area contributed by atoms with Gasteiger partial charge in [-0.1, -0.05) is 91.3 Å². The van der Waals surface area contributed by atoms with Gasteiger partial charge in [-0.05, 0) is 65.4 Å². The van der Waals surface area contributed by atoms with Crippen LogP contribution in [0.1, 0.15) is 85.3 Å². The van der Waals surface area contributed by atoms with E-state index >= 15 is 0 Å². The molecule has 10 heteroatoms. The number of phenolic OH excluding ortho intramolecular Hbond substituents is 1. The molecule has 1 heterocycles. The molecule has 276 valence electrons. The van der Waals surface area contributed by atoms with E-state index in [0.29, 0.717) is 44.6 Å². The maximum Gasteiger partial charge on any atom is 0.220 e. The van der Waals surface area contributed by atoms with E-state index in [9.17, 15) is 24.9 Å². The Bertz CT molecular complexity index is 1730. The van der Waals surface area contributed by atoms with Crippen LogP contribution in [0.2, 0.25) is 0 Å². The summed E-state index contributed by atoms with van der Waals surface area (Å²) >= 11 is 0. The number of likely N-dealkylation sites (N-methyl/N-ethyl adjacent to an activating group) is 1. The molecule has 52 heavy (non-hydrogen) atoms. The number of aliphatic hydroxyl groups is 2. The number of carbonyl (C=O) groups excluding carboxylic acids is 2. The SMILES string of the molecule is CC(=O)NCCCCCC(=O)NCc1ccccc1-c1ccc(C2OC(CN(C)CC(O)c3cccc(O)c3)CC(c3ccc(CO)cc3)O2)cc1. The first-order chi connectivity index (χ1) is 25.2. The third-order valence-electron chi connectivity index (χ3n) is 9.31. The monoisotopic (exact) mass is 709 g/mol. The minimum atomic E-state index is -0.773. The van der Waals surface area contributed by atoms with Gasteiger partial charge in [0.05, 0.1) is 24.9 Å². The van der Waals surface area contributed by atoms with E-state index in [1.165, 1.54) is 6.92 Å². The molecule has 0 spiro atoms. The zero-order valence-corrected chi connectivity index (χ0v) is 30.0. The maximum atomic E-state index is 12.6. The lowest BCUT2D eigenvalue weighted by Crippen LogP contribution is -2.39. The van der Waals surface area contributed by atoms with E-state index in [1.807, 2.05) is 78.7 Å². The number of unbranched alkanes of at least 4 members (excludes halogenated alkanes) is 2. The van der Waals surface area contributed by atoms with Gasteiger partial charge < -0.3 is 40.3 Å². The Balaban J connectivity index is 1.24. The summed E-state index contributed by atoms with van der Waals surface area (Å²) in [4.78, 5) is 25.6. The number of rotatable bonds is 17. The highest BCUT2D eigenvalue weighted by atomic mass is 16.7. The van der Waals surface area contributed by atoms with Gasteiger partial charge in [0, 0.05) is 51.5 Å². The molecule has 4 aromatic rings. The average molecular weight is 710 g/mol. The molecule has 4 aromatic carbocycles. The smallest absolute Gasteiger partial charge is 0.220 e. The summed E-state index contributed by atoms with van der Waals surface area (Å²) < 4.78 is 13.1. The van der Waals surface area contributed by atoms with Crippen LogP contribution < -0.4 is 10.6 Å². The van der Waals surface area contributed by atoms with Crippen molar-refractivity contribution < 1.29 is 34.4 Å². The number of hydrogen-bond acceptors (Lipinski definition) is 8. The predicted molar refractivity (Wildman–Crippen MR) is 200 cm³/mol. The standard InChI is InChI=1S/C42H51N3O7/c1-29(47)43-22-7-3-4-13-41(50)44-25-35-9-5-6-12-38(35)31-18-20-33(21-19-31)42-51-37(24-40(52-42)32-16-14-30(28-46)15-17-32)26-45(2)27-39(49)34-10-8-11-36(48)23-34/h5-6,8-12,14-21,23,37,39-40,42,46,48-49H,3-4,7,13,22,24-28H2,1-2H3,(H,43,47)(H,44,50). The first-order valence-corrected chi connectivity index (χ1v) is 18.0. The van der Waals surface area contributed by atoms with Crippen molar-refractivity contribution >= 4 is 11.8 Å². The summed E-state index contributed by atoms with van der Waals surface area (Å²) in [6.07, 6.45) is 1.69. The van der Waals surface area contributed by atoms with E-state index in [-0.39, 0.29) is 36.4 Å². The molecule has 1 fully saturated rings. The van der Waals surface area contributed by atoms with Gasteiger partial charge in [-0.15, -0.1) is 0 Å². The maximum absolute atomic E-state index is 12.6. The average Bonchev–Trinajstić information content (AvgIpc) is 3.15. The first-order valence-electron chi connectivity index (χ1n) is 18.0. The molecule has 0 aromatic heterocycles. The van der Waals surface area contributed by atoms with E-state index in [0.717, 1.165) is 52.6 Å². The third-order valence-corrected chi connectivity index (χ3v) is 9.31. The number of aromatic hydroxyl groups is 1. The fourth-order valence-electron chi connectivity index (χ4n) is 6.50. The molecule has 2 amide bonds. The van der Waals surface area contributed by atoms with Gasteiger partial charge in [-0.2, -0.15) is 0 Å². The van der Waals surface area contributed by atoms with E-state index in [4.69, 9.17) is 9.47 Å². The molecule has 0 radical (unpaired) electrons. The van der Waals surface area contributed by atoms with Crippen LogP contribution in [-0.4, -0.2) is 64.8 Å². The summed E-state index contributed by atoms with van der Waals surface area (Å²) in [5.41, 5.74) is 6.40. The molecule has 5 N–H and O–H groups in total. The quantitative estimate of drug-likeness (QED) is 0.0833. The van der Waals surface area contributed by atoms with Crippen LogP contribution in [0.15, 0.2) is 97.1 Å². The molecule has 1 aliphatic heterocycles. The number of carbonyl (C=O) groups is 2. The Morgan fingerprint density at radius 3 is 2.37 bits per heavy atom. The Morgan fingerprint density at radius 1 is 0.885 bits per heavy atom. The van der Waals surface area contributed by atoms with Crippen molar-refractivity contribution in [3.63, 3.8) is 0 Å². The molecule has 4 unspecified atom stereocenters. The zero-order chi connectivity index (χ0) is 36.9. The number of nitrogens with one attached hydrogen (secondary N) is 2. The van der Waals surface area contributed by atoms with Crippen LogP contribution in [0.4, 0.5) is 0 Å². The van der Waals surface area contributed by atoms with Crippen LogP contribution in [0.25, 0.3) is 11.1 Å². The predicted octanol–water partition coefficient (Wildman–Crippen LogP) is 6.08. The number of ether oxygens (including phenoxy) is 2. The Morgan fingerprint density at radius 2 is 1.63 bits per heavy atom. The van der Waals surface area contributed by atoms with Gasteiger partial charge in [-0.25, -0.2) is 0 Å². The minimum absolute atomic E-state index is 0.00546.